The van der Waals surface area contributed by atoms with Gasteiger partial charge >= 0.3 is 6.85 Å². The van der Waals surface area contributed by atoms with Gasteiger partial charge in [-0.15, -0.1) is 0 Å². The van der Waals surface area contributed by atoms with Gasteiger partial charge in [0.2, 0.25) is 0 Å². The molecule has 0 saturated carbocycles. The quantitative estimate of drug-likeness (QED) is 0.308. The molecule has 0 saturated heterocycles. The van der Waals surface area contributed by atoms with E-state index in [4.69, 9.17) is 0 Å². The Morgan fingerprint density at radius 2 is 1.41 bits per heavy atom. The predicted octanol–water partition coefficient (Wildman–Crippen LogP) is 7.16. The Bertz CT molecular complexity index is 1450. The number of rotatable bonds is 3. The molecule has 0 spiro atoms. The van der Waals surface area contributed by atoms with Crippen LogP contribution in [0.3, 0.4) is 0 Å². The Morgan fingerprint density at radius 3 is 2.24 bits per heavy atom. The van der Waals surface area contributed by atoms with E-state index in [2.05, 4.69) is 141 Å². The lowest BCUT2D eigenvalue weighted by Crippen LogP contribution is -2.48. The topological polar surface area (TPSA) is 3.24 Å². The number of anilines is 1. The summed E-state index contributed by atoms with van der Waals surface area (Å²) in [7, 11) is 0. The summed E-state index contributed by atoms with van der Waals surface area (Å²) in [6, 6.07) is 35.4. The molecule has 1 nitrogen and oxygen atoms in total. The third-order valence-corrected chi connectivity index (χ3v) is 7.51. The van der Waals surface area contributed by atoms with Crippen molar-refractivity contribution in [3.8, 4) is 11.1 Å². The van der Waals surface area contributed by atoms with Crippen LogP contribution in [0, 0.1) is 6.92 Å². The molecule has 0 amide bonds. The lowest BCUT2D eigenvalue weighted by molar-refractivity contribution is 0.660. The van der Waals surface area contributed by atoms with Crippen molar-refractivity contribution in [2.45, 2.75) is 26.2 Å². The molecular formula is C32H28BN. The zero-order chi connectivity index (χ0) is 23.3. The molecule has 0 atom stereocenters. The van der Waals surface area contributed by atoms with Gasteiger partial charge in [-0.2, -0.15) is 0 Å². The summed E-state index contributed by atoms with van der Waals surface area (Å²) >= 11 is 0. The van der Waals surface area contributed by atoms with Crippen molar-refractivity contribution in [2.75, 3.05) is 4.81 Å². The van der Waals surface area contributed by atoms with Crippen LogP contribution < -0.4 is 10.3 Å². The summed E-state index contributed by atoms with van der Waals surface area (Å²) in [5, 5.41) is 0. The van der Waals surface area contributed by atoms with Crippen LogP contribution in [0.4, 0.5) is 5.69 Å². The molecule has 0 unspecified atom stereocenters. The zero-order valence-corrected chi connectivity index (χ0v) is 20.0. The second-order valence-electron chi connectivity index (χ2n) is 9.87. The number of benzene rings is 4. The van der Waals surface area contributed by atoms with Gasteiger partial charge in [0.25, 0.3) is 0 Å². The Morgan fingerprint density at radius 1 is 0.706 bits per heavy atom. The number of hydrogen-bond donors (Lipinski definition) is 0. The first kappa shape index (κ1) is 20.8. The number of aryl methyl sites for hydroxylation is 1. The third kappa shape index (κ3) is 3.17. The number of nitrogens with zero attached hydrogens (tertiary/aromatic N) is 1. The normalized spacial score (nSPS) is 15.7. The van der Waals surface area contributed by atoms with Gasteiger partial charge in [-0.3, -0.25) is 0 Å². The van der Waals surface area contributed by atoms with Gasteiger partial charge in [0, 0.05) is 16.8 Å². The highest BCUT2D eigenvalue weighted by molar-refractivity contribution is 6.83. The van der Waals surface area contributed by atoms with Crippen LogP contribution in [0.1, 0.15) is 36.1 Å². The fourth-order valence-electron chi connectivity index (χ4n) is 5.72. The molecule has 0 bridgehead atoms. The van der Waals surface area contributed by atoms with Crippen LogP contribution in [-0.4, -0.2) is 6.85 Å². The summed E-state index contributed by atoms with van der Waals surface area (Å²) in [5.74, 6) is 2.32. The standard InChI is InChI=1S/C32H28BN/c1-23-12-7-10-17-30(23)33-21-11-18-31(24-13-5-4-6-14-24)34(33)25-19-20-27-26-15-8-9-16-28(26)32(2,3)29(27)22-25/h4-22H,1-3H3. The van der Waals surface area contributed by atoms with Crippen molar-refractivity contribution >= 4 is 23.7 Å². The Labute approximate surface area is 203 Å². The van der Waals surface area contributed by atoms with E-state index in [1.54, 1.807) is 0 Å². The van der Waals surface area contributed by atoms with E-state index >= 15 is 0 Å². The van der Waals surface area contributed by atoms with Gasteiger partial charge in [-0.1, -0.05) is 116 Å². The molecular weight excluding hydrogens is 409 g/mol. The smallest absolute Gasteiger partial charge is 0.320 e. The maximum absolute atomic E-state index is 2.51. The number of fused-ring (bicyclic) bond motifs is 3. The van der Waals surface area contributed by atoms with Crippen molar-refractivity contribution < 1.29 is 0 Å². The van der Waals surface area contributed by atoms with Crippen molar-refractivity contribution in [2.24, 2.45) is 0 Å². The molecule has 0 N–H and O–H groups in total. The number of hydrogen-bond acceptors (Lipinski definition) is 1. The molecule has 0 radical (unpaired) electrons. The lowest BCUT2D eigenvalue weighted by Gasteiger charge is -2.36. The monoisotopic (exact) mass is 437 g/mol. The van der Waals surface area contributed by atoms with Crippen LogP contribution in [0.5, 0.6) is 0 Å². The zero-order valence-electron chi connectivity index (χ0n) is 20.0. The van der Waals surface area contributed by atoms with Gasteiger partial charge in [-0.25, -0.2) is 0 Å². The Kier molecular flexibility index (Phi) is 4.85. The van der Waals surface area contributed by atoms with Crippen molar-refractivity contribution in [3.63, 3.8) is 0 Å². The molecule has 0 aromatic heterocycles. The van der Waals surface area contributed by atoms with Crippen molar-refractivity contribution in [3.05, 3.63) is 137 Å². The van der Waals surface area contributed by atoms with Gasteiger partial charge in [0.15, 0.2) is 0 Å². The van der Waals surface area contributed by atoms with Crippen LogP contribution in [0.25, 0.3) is 16.8 Å². The number of allylic oxidation sites excluding steroid dienone is 2. The van der Waals surface area contributed by atoms with Crippen molar-refractivity contribution in [1.82, 2.24) is 0 Å². The maximum Gasteiger partial charge on any atom is 0.320 e. The van der Waals surface area contributed by atoms with Crippen LogP contribution in [0.15, 0.2) is 115 Å². The minimum absolute atomic E-state index is 0.0254. The van der Waals surface area contributed by atoms with E-state index in [9.17, 15) is 0 Å². The molecule has 34 heavy (non-hydrogen) atoms. The largest absolute Gasteiger partial charge is 0.377 e. The Hall–Kier alpha value is -3.78. The minimum atomic E-state index is -0.0254. The summed E-state index contributed by atoms with van der Waals surface area (Å²) < 4.78 is 0. The fraction of sp³-hybridized carbons (Fsp3) is 0.125. The second kappa shape index (κ2) is 7.92. The van der Waals surface area contributed by atoms with E-state index in [1.807, 2.05) is 0 Å². The average molecular weight is 437 g/mol. The lowest BCUT2D eigenvalue weighted by atomic mass is 9.51. The molecule has 164 valence electrons. The SMILES string of the molecule is Cc1ccccc1B1C=CC=C(c2ccccc2)N1c1ccc2c(c1)C(C)(C)c1ccccc1-2. The van der Waals surface area contributed by atoms with Crippen molar-refractivity contribution in [1.29, 1.82) is 0 Å². The van der Waals surface area contributed by atoms with E-state index in [0.29, 0.717) is 0 Å². The first-order chi connectivity index (χ1) is 16.6. The first-order valence-corrected chi connectivity index (χ1v) is 12.1. The van der Waals surface area contributed by atoms with Crippen LogP contribution in [0.2, 0.25) is 0 Å². The van der Waals surface area contributed by atoms with E-state index < -0.39 is 0 Å². The summed E-state index contributed by atoms with van der Waals surface area (Å²) in [4.78, 5) is 2.51. The fourth-order valence-corrected chi connectivity index (χ4v) is 5.72. The molecule has 0 fully saturated rings. The summed E-state index contributed by atoms with van der Waals surface area (Å²) in [6.45, 7) is 7.05. The molecule has 2 heteroatoms. The van der Waals surface area contributed by atoms with Crippen LogP contribution in [-0.2, 0) is 5.41 Å². The summed E-state index contributed by atoms with van der Waals surface area (Å²) in [5.41, 5.74) is 11.8. The first-order valence-electron chi connectivity index (χ1n) is 12.1. The molecule has 2 aliphatic rings. The highest BCUT2D eigenvalue weighted by Gasteiger charge is 2.37. The van der Waals surface area contributed by atoms with E-state index in [0.717, 1.165) is 0 Å². The molecule has 1 aliphatic carbocycles. The molecule has 1 aliphatic heterocycles. The van der Waals surface area contributed by atoms with Crippen LogP contribution >= 0.6 is 0 Å². The van der Waals surface area contributed by atoms with Gasteiger partial charge in [-0.05, 0) is 58.4 Å². The maximum atomic E-state index is 2.51. The minimum Gasteiger partial charge on any atom is -0.377 e. The molecule has 1 heterocycles. The molecule has 4 aromatic carbocycles. The third-order valence-electron chi connectivity index (χ3n) is 7.51. The van der Waals surface area contributed by atoms with Gasteiger partial charge < -0.3 is 4.81 Å². The van der Waals surface area contributed by atoms with E-state index in [1.165, 1.54) is 50.2 Å². The van der Waals surface area contributed by atoms with E-state index in [-0.39, 0.29) is 12.3 Å². The second-order valence-corrected chi connectivity index (χ2v) is 9.87. The molecule has 4 aromatic rings. The van der Waals surface area contributed by atoms with Gasteiger partial charge in [0.1, 0.15) is 0 Å². The average Bonchev–Trinajstić information content (AvgIpc) is 3.11. The predicted molar refractivity (Wildman–Crippen MR) is 147 cm³/mol. The summed E-state index contributed by atoms with van der Waals surface area (Å²) in [6.07, 6.45) is 4.46. The highest BCUT2D eigenvalue weighted by atomic mass is 15.1. The molecule has 6 rings (SSSR count). The highest BCUT2D eigenvalue weighted by Crippen LogP contribution is 2.50. The Balaban J connectivity index is 1.54. The van der Waals surface area contributed by atoms with Gasteiger partial charge in [0.05, 0.1) is 0 Å².